The number of hydrogen-bond acceptors (Lipinski definition) is 1. The monoisotopic (exact) mass is 400 g/mol. The number of aliphatic hydroxyl groups excluding tert-OH is 1. The van der Waals surface area contributed by atoms with Crippen LogP contribution in [-0.2, 0) is 0 Å². The summed E-state index contributed by atoms with van der Waals surface area (Å²) in [6.07, 6.45) is 19.6. The molecule has 0 spiro atoms. The zero-order valence-electron chi connectivity index (χ0n) is 20.1. The summed E-state index contributed by atoms with van der Waals surface area (Å²) in [5.41, 5.74) is 3.44. The van der Waals surface area contributed by atoms with Gasteiger partial charge in [0.2, 0.25) is 0 Å². The van der Waals surface area contributed by atoms with Crippen molar-refractivity contribution in [2.45, 2.75) is 112 Å². The van der Waals surface area contributed by atoms with Gasteiger partial charge in [0, 0.05) is 6.61 Å². The van der Waals surface area contributed by atoms with Gasteiger partial charge < -0.3 is 5.11 Å². The highest BCUT2D eigenvalue weighted by Crippen LogP contribution is 2.72. The maximum Gasteiger partial charge on any atom is 0.0456 e. The maximum atomic E-state index is 9.35. The lowest BCUT2D eigenvalue weighted by Gasteiger charge is -2.61. The van der Waals surface area contributed by atoms with E-state index in [0.717, 1.165) is 23.7 Å². The fourth-order valence-corrected chi connectivity index (χ4v) is 8.97. The van der Waals surface area contributed by atoms with Crippen LogP contribution < -0.4 is 0 Å². The fourth-order valence-electron chi connectivity index (χ4n) is 8.97. The van der Waals surface area contributed by atoms with Crippen LogP contribution in [-0.4, -0.2) is 11.7 Å². The second kappa shape index (κ2) is 7.99. The van der Waals surface area contributed by atoms with E-state index in [1.165, 1.54) is 77.0 Å². The van der Waals surface area contributed by atoms with Crippen molar-refractivity contribution in [1.29, 1.82) is 0 Å². The molecule has 29 heavy (non-hydrogen) atoms. The Balaban J connectivity index is 1.53. The van der Waals surface area contributed by atoms with Crippen molar-refractivity contribution in [2.75, 3.05) is 6.61 Å². The summed E-state index contributed by atoms with van der Waals surface area (Å²) >= 11 is 0. The summed E-state index contributed by atoms with van der Waals surface area (Å²) in [5.74, 6) is 4.02. The van der Waals surface area contributed by atoms with E-state index in [0.29, 0.717) is 28.8 Å². The lowest BCUT2D eigenvalue weighted by atomic mass is 9.43. The van der Waals surface area contributed by atoms with Crippen LogP contribution in [0.3, 0.4) is 0 Å². The number of hydrogen-bond donors (Lipinski definition) is 1. The van der Waals surface area contributed by atoms with Gasteiger partial charge >= 0.3 is 0 Å². The molecular weight excluding hydrogens is 352 g/mol. The van der Waals surface area contributed by atoms with Gasteiger partial charge in [0.1, 0.15) is 0 Å². The molecular formula is C28H48O. The molecule has 1 nitrogen and oxygen atoms in total. The van der Waals surface area contributed by atoms with Gasteiger partial charge in [-0.05, 0) is 97.2 Å². The molecule has 0 amide bonds. The molecule has 1 heteroatoms. The molecule has 0 aromatic rings. The fraction of sp³-hybridized carbons (Fsp3) is 0.929. The topological polar surface area (TPSA) is 20.2 Å². The van der Waals surface area contributed by atoms with Crippen LogP contribution in [0.2, 0.25) is 0 Å². The first-order valence-corrected chi connectivity index (χ1v) is 13.1. The zero-order valence-corrected chi connectivity index (χ0v) is 20.1. The van der Waals surface area contributed by atoms with Crippen molar-refractivity contribution in [1.82, 2.24) is 0 Å². The lowest BCUT2D eigenvalue weighted by Crippen LogP contribution is -2.52. The van der Waals surface area contributed by atoms with Crippen LogP contribution in [0.15, 0.2) is 11.6 Å². The van der Waals surface area contributed by atoms with E-state index >= 15 is 0 Å². The van der Waals surface area contributed by atoms with Crippen LogP contribution in [0, 0.1) is 45.8 Å². The van der Waals surface area contributed by atoms with Crippen LogP contribution in [0.1, 0.15) is 112 Å². The Morgan fingerprint density at radius 2 is 1.79 bits per heavy atom. The summed E-state index contributed by atoms with van der Waals surface area (Å²) < 4.78 is 0. The molecule has 0 radical (unpaired) electrons. The van der Waals surface area contributed by atoms with Crippen molar-refractivity contribution in [3.05, 3.63) is 11.6 Å². The third kappa shape index (κ3) is 3.37. The second-order valence-electron chi connectivity index (χ2n) is 12.5. The van der Waals surface area contributed by atoms with Crippen molar-refractivity contribution in [3.63, 3.8) is 0 Å². The molecule has 8 atom stereocenters. The third-order valence-electron chi connectivity index (χ3n) is 11.2. The van der Waals surface area contributed by atoms with Crippen molar-refractivity contribution >= 4 is 0 Å². The molecule has 0 bridgehead atoms. The first-order valence-electron chi connectivity index (χ1n) is 13.1. The molecule has 0 saturated heterocycles. The SMILES string of the molecule is CC(CO)CCC[C@@H](C)[C@H]1CC[C@@]2(C)C3=CCC4CCCC[C@]4(C)[C@H]3CC[C@]12C. The van der Waals surface area contributed by atoms with E-state index in [1.54, 1.807) is 0 Å². The summed E-state index contributed by atoms with van der Waals surface area (Å²) in [7, 11) is 0. The Morgan fingerprint density at radius 3 is 2.55 bits per heavy atom. The molecule has 4 aliphatic carbocycles. The smallest absolute Gasteiger partial charge is 0.0456 e. The number of fused-ring (bicyclic) bond motifs is 5. The Hall–Kier alpha value is -0.300. The number of allylic oxidation sites excluding steroid dienone is 2. The molecule has 0 heterocycles. The lowest BCUT2D eigenvalue weighted by molar-refractivity contribution is -0.0414. The van der Waals surface area contributed by atoms with Crippen LogP contribution >= 0.6 is 0 Å². The Kier molecular flexibility index (Phi) is 6.04. The van der Waals surface area contributed by atoms with Gasteiger partial charge in [0.05, 0.1) is 0 Å². The minimum atomic E-state index is 0.350. The van der Waals surface area contributed by atoms with Gasteiger partial charge in [-0.3, -0.25) is 0 Å². The highest BCUT2D eigenvalue weighted by atomic mass is 16.3. The summed E-state index contributed by atoms with van der Waals surface area (Å²) in [5, 5.41) is 9.35. The molecule has 166 valence electrons. The first-order chi connectivity index (χ1) is 13.8. The maximum absolute atomic E-state index is 9.35. The van der Waals surface area contributed by atoms with Crippen molar-refractivity contribution in [2.24, 2.45) is 45.8 Å². The largest absolute Gasteiger partial charge is 0.396 e. The Bertz CT molecular complexity index is 622. The standard InChI is InChI=1S/C28H48O/c1-20(19-29)9-8-10-21(2)23-14-17-28(5)25-13-12-22-11-6-7-16-26(22,3)24(25)15-18-27(23,28)4/h13,20-24,29H,6-12,14-19H2,1-5H3/t20?,21-,22?,23-,24+,26+,27-,28+/m1/s1. The average Bonchev–Trinajstić information content (AvgIpc) is 2.98. The van der Waals surface area contributed by atoms with E-state index in [9.17, 15) is 5.11 Å². The minimum Gasteiger partial charge on any atom is -0.396 e. The molecule has 0 aliphatic heterocycles. The van der Waals surface area contributed by atoms with Crippen LogP contribution in [0.4, 0.5) is 0 Å². The molecule has 3 fully saturated rings. The Labute approximate surface area is 181 Å². The van der Waals surface area contributed by atoms with Crippen molar-refractivity contribution in [3.8, 4) is 0 Å². The highest BCUT2D eigenvalue weighted by Gasteiger charge is 2.63. The molecule has 4 rings (SSSR count). The molecule has 2 unspecified atom stereocenters. The van der Waals surface area contributed by atoms with E-state index in [-0.39, 0.29) is 0 Å². The van der Waals surface area contributed by atoms with Crippen LogP contribution in [0.5, 0.6) is 0 Å². The highest BCUT2D eigenvalue weighted by molar-refractivity contribution is 5.32. The summed E-state index contributed by atoms with van der Waals surface area (Å²) in [6, 6.07) is 0. The number of rotatable bonds is 6. The van der Waals surface area contributed by atoms with Gasteiger partial charge in [-0.15, -0.1) is 0 Å². The quantitative estimate of drug-likeness (QED) is 0.451. The molecule has 3 saturated carbocycles. The third-order valence-corrected chi connectivity index (χ3v) is 11.2. The van der Waals surface area contributed by atoms with E-state index in [2.05, 4.69) is 40.7 Å². The number of aliphatic hydroxyl groups is 1. The van der Waals surface area contributed by atoms with Gasteiger partial charge in [-0.25, -0.2) is 0 Å². The molecule has 1 N–H and O–H groups in total. The summed E-state index contributed by atoms with van der Waals surface area (Å²) in [4.78, 5) is 0. The normalized spacial score (nSPS) is 46.3. The van der Waals surface area contributed by atoms with Gasteiger partial charge in [0.15, 0.2) is 0 Å². The van der Waals surface area contributed by atoms with E-state index in [4.69, 9.17) is 0 Å². The molecule has 0 aromatic heterocycles. The molecule has 4 aliphatic rings. The Morgan fingerprint density at radius 1 is 1.00 bits per heavy atom. The van der Waals surface area contributed by atoms with Gasteiger partial charge in [0.25, 0.3) is 0 Å². The zero-order chi connectivity index (χ0) is 20.9. The predicted octanol–water partition coefficient (Wildman–Crippen LogP) is 7.78. The predicted molar refractivity (Wildman–Crippen MR) is 124 cm³/mol. The molecule has 0 aromatic carbocycles. The minimum absolute atomic E-state index is 0.350. The van der Waals surface area contributed by atoms with Gasteiger partial charge in [-0.2, -0.15) is 0 Å². The second-order valence-corrected chi connectivity index (χ2v) is 12.5. The van der Waals surface area contributed by atoms with Gasteiger partial charge in [-0.1, -0.05) is 72.0 Å². The van der Waals surface area contributed by atoms with E-state index < -0.39 is 0 Å². The van der Waals surface area contributed by atoms with Crippen molar-refractivity contribution < 1.29 is 5.11 Å². The van der Waals surface area contributed by atoms with Crippen LogP contribution in [0.25, 0.3) is 0 Å². The average molecular weight is 401 g/mol. The first kappa shape index (κ1) is 21.9. The van der Waals surface area contributed by atoms with E-state index in [1.807, 2.05) is 5.57 Å². The summed E-state index contributed by atoms with van der Waals surface area (Å²) in [6.45, 7) is 13.1.